The van der Waals surface area contributed by atoms with Crippen molar-refractivity contribution in [1.29, 1.82) is 0 Å². The molecule has 1 aliphatic heterocycles. The number of benzene rings is 1. The van der Waals surface area contributed by atoms with E-state index in [-0.39, 0.29) is 0 Å². The molecule has 0 fully saturated rings. The van der Waals surface area contributed by atoms with E-state index >= 15 is 0 Å². The van der Waals surface area contributed by atoms with Crippen LogP contribution >= 0.6 is 23.0 Å². The first kappa shape index (κ1) is 7.46. The van der Waals surface area contributed by atoms with Crippen LogP contribution in [0.1, 0.15) is 5.56 Å². The molecule has 0 aromatic heterocycles. The lowest BCUT2D eigenvalue weighted by molar-refractivity contribution is 0.692. The second-order valence-electron chi connectivity index (χ2n) is 2.10. The van der Waals surface area contributed by atoms with Gasteiger partial charge in [-0.1, -0.05) is 30.4 Å². The Hall–Kier alpha value is -0.190. The summed E-state index contributed by atoms with van der Waals surface area (Å²) in [5.74, 6) is 0. The highest BCUT2D eigenvalue weighted by Crippen LogP contribution is 2.34. The maximum absolute atomic E-state index is 11.3. The molecule has 1 atom stereocenters. The molecule has 1 aliphatic rings. The van der Waals surface area contributed by atoms with Crippen LogP contribution in [-0.2, 0) is 9.83 Å². The standard InChI is InChI=1S/C7H4OS3/c8-11-6-4-2-1-3-5(6)7(9)10-11/h1-4H. The lowest BCUT2D eigenvalue weighted by Gasteiger charge is -1.91. The summed E-state index contributed by atoms with van der Waals surface area (Å²) < 4.78 is 12.0. The topological polar surface area (TPSA) is 17.1 Å². The van der Waals surface area contributed by atoms with Gasteiger partial charge in [-0.25, -0.2) is 4.21 Å². The van der Waals surface area contributed by atoms with Crippen molar-refractivity contribution in [3.05, 3.63) is 29.8 Å². The minimum atomic E-state index is -0.952. The van der Waals surface area contributed by atoms with E-state index in [0.29, 0.717) is 0 Å². The average molecular weight is 200 g/mol. The van der Waals surface area contributed by atoms with E-state index in [1.165, 1.54) is 10.8 Å². The van der Waals surface area contributed by atoms with Gasteiger partial charge >= 0.3 is 0 Å². The van der Waals surface area contributed by atoms with E-state index in [1.807, 2.05) is 24.3 Å². The molecular weight excluding hydrogens is 196 g/mol. The van der Waals surface area contributed by atoms with Crippen molar-refractivity contribution in [3.63, 3.8) is 0 Å². The third-order valence-electron chi connectivity index (χ3n) is 1.44. The Balaban J connectivity index is 2.69. The molecule has 1 nitrogen and oxygen atoms in total. The number of hydrogen-bond donors (Lipinski definition) is 0. The molecule has 0 saturated heterocycles. The van der Waals surface area contributed by atoms with Crippen molar-refractivity contribution >= 4 is 37.0 Å². The third-order valence-corrected chi connectivity index (χ3v) is 4.95. The summed E-state index contributed by atoms with van der Waals surface area (Å²) in [6, 6.07) is 7.56. The molecule has 0 bridgehead atoms. The SMILES string of the molecule is O=S1SC(=S)c2ccccc21. The molecule has 1 aromatic carbocycles. The van der Waals surface area contributed by atoms with Gasteiger partial charge in [0.05, 0.1) is 9.09 Å². The molecule has 1 unspecified atom stereocenters. The van der Waals surface area contributed by atoms with Gasteiger partial charge in [0.1, 0.15) is 9.83 Å². The second-order valence-corrected chi connectivity index (χ2v) is 5.66. The van der Waals surface area contributed by atoms with Crippen LogP contribution < -0.4 is 0 Å². The fourth-order valence-corrected chi connectivity index (χ4v) is 4.22. The summed E-state index contributed by atoms with van der Waals surface area (Å²) in [5, 5.41) is 0. The van der Waals surface area contributed by atoms with Gasteiger partial charge < -0.3 is 0 Å². The van der Waals surface area contributed by atoms with Crippen molar-refractivity contribution in [1.82, 2.24) is 0 Å². The zero-order chi connectivity index (χ0) is 7.84. The van der Waals surface area contributed by atoms with Gasteiger partial charge in [0.15, 0.2) is 0 Å². The quantitative estimate of drug-likeness (QED) is 0.472. The van der Waals surface area contributed by atoms with Crippen molar-refractivity contribution in [2.24, 2.45) is 0 Å². The van der Waals surface area contributed by atoms with Crippen molar-refractivity contribution < 1.29 is 4.21 Å². The Labute approximate surface area is 76.0 Å². The predicted octanol–water partition coefficient (Wildman–Crippen LogP) is 2.13. The normalized spacial score (nSPS) is 21.8. The van der Waals surface area contributed by atoms with E-state index < -0.39 is 9.83 Å². The minimum Gasteiger partial charge on any atom is -0.242 e. The first-order valence-electron chi connectivity index (χ1n) is 3.02. The number of hydrogen-bond acceptors (Lipinski definition) is 3. The van der Waals surface area contributed by atoms with Crippen molar-refractivity contribution in [2.75, 3.05) is 0 Å². The molecular formula is C7H4OS3. The Morgan fingerprint density at radius 1 is 1.36 bits per heavy atom. The van der Waals surface area contributed by atoms with Crippen LogP contribution in [0.3, 0.4) is 0 Å². The van der Waals surface area contributed by atoms with Crippen LogP contribution in [0.4, 0.5) is 0 Å². The van der Waals surface area contributed by atoms with Gasteiger partial charge in [-0.15, -0.1) is 0 Å². The summed E-state index contributed by atoms with van der Waals surface area (Å²) >= 11 is 5.02. The van der Waals surface area contributed by atoms with Gasteiger partial charge in [-0.2, -0.15) is 0 Å². The van der Waals surface area contributed by atoms with Crippen LogP contribution in [-0.4, -0.2) is 8.41 Å². The van der Waals surface area contributed by atoms with Gasteiger partial charge in [-0.3, -0.25) is 0 Å². The van der Waals surface area contributed by atoms with E-state index in [4.69, 9.17) is 12.2 Å². The predicted molar refractivity (Wildman–Crippen MR) is 52.1 cm³/mol. The molecule has 0 saturated carbocycles. The lowest BCUT2D eigenvalue weighted by Crippen LogP contribution is -1.84. The zero-order valence-electron chi connectivity index (χ0n) is 5.44. The molecule has 4 heteroatoms. The highest BCUT2D eigenvalue weighted by Gasteiger charge is 2.22. The minimum absolute atomic E-state index is 0.749. The first-order chi connectivity index (χ1) is 5.29. The van der Waals surface area contributed by atoms with Crippen LogP contribution in [0.25, 0.3) is 0 Å². The Morgan fingerprint density at radius 2 is 2.09 bits per heavy atom. The smallest absolute Gasteiger partial charge is 0.119 e. The highest BCUT2D eigenvalue weighted by molar-refractivity contribution is 8.78. The monoisotopic (exact) mass is 200 g/mol. The summed E-state index contributed by atoms with van der Waals surface area (Å²) in [6.07, 6.45) is 0. The number of rotatable bonds is 0. The second kappa shape index (κ2) is 2.69. The molecule has 0 amide bonds. The summed E-state index contributed by atoms with van der Waals surface area (Å²) in [5.41, 5.74) is 0.964. The van der Waals surface area contributed by atoms with Crippen molar-refractivity contribution in [2.45, 2.75) is 4.90 Å². The molecule has 0 radical (unpaired) electrons. The van der Waals surface area contributed by atoms with Crippen LogP contribution in [0, 0.1) is 0 Å². The molecule has 1 heterocycles. The molecule has 11 heavy (non-hydrogen) atoms. The van der Waals surface area contributed by atoms with Gasteiger partial charge in [0.2, 0.25) is 0 Å². The van der Waals surface area contributed by atoms with Crippen molar-refractivity contribution in [3.8, 4) is 0 Å². The fraction of sp³-hybridized carbons (Fsp3) is 0. The fourth-order valence-electron chi connectivity index (χ4n) is 0.939. The maximum Gasteiger partial charge on any atom is 0.119 e. The van der Waals surface area contributed by atoms with Crippen LogP contribution in [0.15, 0.2) is 29.2 Å². The molecule has 0 aliphatic carbocycles. The van der Waals surface area contributed by atoms with E-state index in [1.54, 1.807) is 0 Å². The lowest BCUT2D eigenvalue weighted by atomic mass is 10.2. The number of fused-ring (bicyclic) bond motifs is 1. The maximum atomic E-state index is 11.3. The zero-order valence-corrected chi connectivity index (χ0v) is 7.89. The molecule has 0 N–H and O–H groups in total. The van der Waals surface area contributed by atoms with Gasteiger partial charge in [-0.05, 0) is 16.9 Å². The Morgan fingerprint density at radius 3 is 2.82 bits per heavy atom. The highest BCUT2D eigenvalue weighted by atomic mass is 33.1. The molecule has 56 valence electrons. The summed E-state index contributed by atoms with van der Waals surface area (Å²) in [4.78, 5) is 0.863. The van der Waals surface area contributed by atoms with E-state index in [2.05, 4.69) is 0 Å². The van der Waals surface area contributed by atoms with E-state index in [0.717, 1.165) is 14.7 Å². The Kier molecular flexibility index (Phi) is 1.83. The molecule has 2 rings (SSSR count). The third kappa shape index (κ3) is 1.15. The Bertz CT molecular complexity index is 312. The van der Waals surface area contributed by atoms with Gasteiger partial charge in [0.25, 0.3) is 0 Å². The number of thiocarbonyl (C=S) groups is 1. The average Bonchev–Trinajstić information content (AvgIpc) is 2.30. The largest absolute Gasteiger partial charge is 0.242 e. The summed E-state index contributed by atoms with van der Waals surface area (Å²) in [7, 11) is 0.300. The molecule has 1 aromatic rings. The van der Waals surface area contributed by atoms with Crippen LogP contribution in [0.5, 0.6) is 0 Å². The van der Waals surface area contributed by atoms with E-state index in [9.17, 15) is 4.21 Å². The summed E-state index contributed by atoms with van der Waals surface area (Å²) in [6.45, 7) is 0. The molecule has 0 spiro atoms. The van der Waals surface area contributed by atoms with Gasteiger partial charge in [0, 0.05) is 5.56 Å². The van der Waals surface area contributed by atoms with Crippen LogP contribution in [0.2, 0.25) is 0 Å². The first-order valence-corrected chi connectivity index (χ1v) is 5.91.